The number of amides is 2. The Morgan fingerprint density at radius 1 is 0.838 bits per heavy atom. The third-order valence-corrected chi connectivity index (χ3v) is 6.26. The van der Waals surface area contributed by atoms with Crippen LogP contribution in [0.4, 0.5) is 0 Å². The highest BCUT2D eigenvalue weighted by molar-refractivity contribution is 6.21. The predicted octanol–water partition coefficient (Wildman–Crippen LogP) is 4.05. The molecule has 186 valence electrons. The molecule has 3 aromatic carbocycles. The molecule has 0 aliphatic carbocycles. The summed E-state index contributed by atoms with van der Waals surface area (Å²) in [6, 6.07) is 21.0. The first-order chi connectivity index (χ1) is 17.9. The summed E-state index contributed by atoms with van der Waals surface area (Å²) in [5.74, 6) is 2.44. The van der Waals surface area contributed by atoms with E-state index < -0.39 is 23.7 Å². The largest absolute Gasteiger partial charge is 0.481 e. The van der Waals surface area contributed by atoms with Crippen LogP contribution >= 0.6 is 0 Å². The zero-order valence-electron chi connectivity index (χ0n) is 20.0. The number of aliphatic carboxylic acids is 1. The topological polar surface area (TPSA) is 112 Å². The summed E-state index contributed by atoms with van der Waals surface area (Å²) in [6.45, 7) is -0.0497. The standard InChI is InChI=1S/C30H25NO6/c32-18-4-3-5-20-8-10-21(11-9-20)22-12-14-23(15-13-22)27(33)19-24(30(36)37)16-17-31-28(34)25-6-1-2-7-26(25)29(31)35/h1-2,6-15,24,32H,4,16-19H2,(H,36,37). The maximum atomic E-state index is 12.8. The molecule has 1 aliphatic heterocycles. The van der Waals surface area contributed by atoms with Crippen LogP contribution in [-0.2, 0) is 4.79 Å². The lowest BCUT2D eigenvalue weighted by Gasteiger charge is -2.17. The lowest BCUT2D eigenvalue weighted by Crippen LogP contribution is -2.33. The maximum absolute atomic E-state index is 12.8. The second-order valence-corrected chi connectivity index (χ2v) is 8.69. The normalized spacial score (nSPS) is 13.1. The van der Waals surface area contributed by atoms with Crippen LogP contribution in [0.25, 0.3) is 11.1 Å². The Balaban J connectivity index is 1.38. The van der Waals surface area contributed by atoms with Crippen molar-refractivity contribution in [3.63, 3.8) is 0 Å². The number of carbonyl (C=O) groups is 4. The molecule has 0 aromatic heterocycles. The fourth-order valence-electron chi connectivity index (χ4n) is 4.20. The summed E-state index contributed by atoms with van der Waals surface area (Å²) >= 11 is 0. The first kappa shape index (κ1) is 25.5. The number of fused-ring (bicyclic) bond motifs is 1. The number of aliphatic hydroxyl groups excluding tert-OH is 1. The fraction of sp³-hybridized carbons (Fsp3) is 0.200. The molecular weight excluding hydrogens is 470 g/mol. The summed E-state index contributed by atoms with van der Waals surface area (Å²) in [5, 5.41) is 18.5. The number of carboxylic acids is 1. The van der Waals surface area contributed by atoms with Gasteiger partial charge in [-0.25, -0.2) is 0 Å². The molecule has 2 N–H and O–H groups in total. The molecule has 0 spiro atoms. The molecule has 0 bridgehead atoms. The van der Waals surface area contributed by atoms with E-state index in [0.717, 1.165) is 21.6 Å². The van der Waals surface area contributed by atoms with Gasteiger partial charge in [0, 0.05) is 30.5 Å². The molecule has 7 nitrogen and oxygen atoms in total. The van der Waals surface area contributed by atoms with Crippen LogP contribution in [0.1, 0.15) is 55.9 Å². The van der Waals surface area contributed by atoms with Crippen LogP contribution < -0.4 is 0 Å². The van der Waals surface area contributed by atoms with E-state index in [1.165, 1.54) is 0 Å². The monoisotopic (exact) mass is 495 g/mol. The van der Waals surface area contributed by atoms with Gasteiger partial charge in [-0.1, -0.05) is 60.4 Å². The number of rotatable bonds is 9. The molecule has 1 unspecified atom stereocenters. The van der Waals surface area contributed by atoms with Crippen LogP contribution in [0, 0.1) is 17.8 Å². The van der Waals surface area contributed by atoms with E-state index in [2.05, 4.69) is 11.8 Å². The Bertz CT molecular complexity index is 1360. The van der Waals surface area contributed by atoms with Gasteiger partial charge in [0.15, 0.2) is 5.78 Å². The number of hydrogen-bond donors (Lipinski definition) is 2. The molecule has 1 atom stereocenters. The molecule has 1 heterocycles. The van der Waals surface area contributed by atoms with Gasteiger partial charge in [0.1, 0.15) is 0 Å². The van der Waals surface area contributed by atoms with Crippen molar-refractivity contribution in [3.05, 3.63) is 95.1 Å². The van der Waals surface area contributed by atoms with Crippen molar-refractivity contribution < 1.29 is 29.4 Å². The van der Waals surface area contributed by atoms with E-state index in [4.69, 9.17) is 5.11 Å². The second-order valence-electron chi connectivity index (χ2n) is 8.69. The lowest BCUT2D eigenvalue weighted by atomic mass is 9.94. The molecule has 3 aromatic rings. The number of Topliss-reactive ketones (excluding diaryl/α,β-unsaturated/α-hetero) is 1. The first-order valence-corrected chi connectivity index (χ1v) is 11.9. The lowest BCUT2D eigenvalue weighted by molar-refractivity contribution is -0.142. The highest BCUT2D eigenvalue weighted by Crippen LogP contribution is 2.25. The number of carboxylic acid groups (broad SMARTS) is 1. The van der Waals surface area contributed by atoms with Gasteiger partial charge in [-0.2, -0.15) is 0 Å². The third kappa shape index (κ3) is 5.83. The van der Waals surface area contributed by atoms with Crippen molar-refractivity contribution in [2.45, 2.75) is 19.3 Å². The average Bonchev–Trinajstić information content (AvgIpc) is 3.16. The van der Waals surface area contributed by atoms with Gasteiger partial charge < -0.3 is 10.2 Å². The van der Waals surface area contributed by atoms with Crippen molar-refractivity contribution in [2.75, 3.05) is 13.2 Å². The van der Waals surface area contributed by atoms with Gasteiger partial charge in [-0.3, -0.25) is 24.1 Å². The zero-order valence-corrected chi connectivity index (χ0v) is 20.0. The Hall–Kier alpha value is -4.54. The average molecular weight is 496 g/mol. The number of aliphatic hydroxyl groups is 1. The summed E-state index contributed by atoms with van der Waals surface area (Å²) < 4.78 is 0. The predicted molar refractivity (Wildman–Crippen MR) is 137 cm³/mol. The maximum Gasteiger partial charge on any atom is 0.307 e. The number of ketones is 1. The Morgan fingerprint density at radius 3 is 1.95 bits per heavy atom. The molecule has 7 heteroatoms. The summed E-state index contributed by atoms with van der Waals surface area (Å²) in [7, 11) is 0. The van der Waals surface area contributed by atoms with E-state index >= 15 is 0 Å². The Morgan fingerprint density at radius 2 is 1.41 bits per heavy atom. The molecule has 0 fully saturated rings. The van der Waals surface area contributed by atoms with Gasteiger partial charge in [-0.05, 0) is 41.8 Å². The minimum atomic E-state index is -1.15. The van der Waals surface area contributed by atoms with E-state index in [-0.39, 0.29) is 31.8 Å². The van der Waals surface area contributed by atoms with Crippen LogP contribution in [-0.4, -0.2) is 51.8 Å². The second kappa shape index (κ2) is 11.5. The van der Waals surface area contributed by atoms with E-state index in [0.29, 0.717) is 23.1 Å². The Labute approximate surface area is 214 Å². The zero-order chi connectivity index (χ0) is 26.4. The minimum absolute atomic E-state index is 0.0157. The smallest absolute Gasteiger partial charge is 0.307 e. The summed E-state index contributed by atoms with van der Waals surface area (Å²) in [6.07, 6.45) is 0.167. The fourth-order valence-corrected chi connectivity index (χ4v) is 4.20. The third-order valence-electron chi connectivity index (χ3n) is 6.26. The van der Waals surface area contributed by atoms with Crippen molar-refractivity contribution in [2.24, 2.45) is 5.92 Å². The SMILES string of the molecule is O=C(CC(CCN1C(=O)c2ccccc2C1=O)C(=O)O)c1ccc(-c2ccc(C#CCCO)cc2)cc1. The van der Waals surface area contributed by atoms with E-state index in [1.54, 1.807) is 48.5 Å². The summed E-state index contributed by atoms with van der Waals surface area (Å²) in [5.41, 5.74) is 3.68. The van der Waals surface area contributed by atoms with Crippen molar-refractivity contribution in [1.82, 2.24) is 4.90 Å². The van der Waals surface area contributed by atoms with Crippen LogP contribution in [0.5, 0.6) is 0 Å². The van der Waals surface area contributed by atoms with Gasteiger partial charge in [0.25, 0.3) is 11.8 Å². The molecule has 0 saturated carbocycles. The number of hydrogen-bond acceptors (Lipinski definition) is 5. The van der Waals surface area contributed by atoms with E-state index in [9.17, 15) is 24.3 Å². The van der Waals surface area contributed by atoms with Crippen LogP contribution in [0.3, 0.4) is 0 Å². The number of nitrogens with zero attached hydrogens (tertiary/aromatic N) is 1. The minimum Gasteiger partial charge on any atom is -0.481 e. The number of benzene rings is 3. The van der Waals surface area contributed by atoms with Crippen LogP contribution in [0.2, 0.25) is 0 Å². The molecular formula is C30H25NO6. The molecule has 0 radical (unpaired) electrons. The molecule has 4 rings (SSSR count). The quantitative estimate of drug-likeness (QED) is 0.263. The van der Waals surface area contributed by atoms with Crippen molar-refractivity contribution in [1.29, 1.82) is 0 Å². The molecule has 0 saturated heterocycles. The van der Waals surface area contributed by atoms with Gasteiger partial charge in [0.05, 0.1) is 23.7 Å². The van der Waals surface area contributed by atoms with E-state index in [1.807, 2.05) is 24.3 Å². The first-order valence-electron chi connectivity index (χ1n) is 11.9. The number of carbonyl (C=O) groups excluding carboxylic acids is 3. The molecule has 37 heavy (non-hydrogen) atoms. The molecule has 2 amide bonds. The molecule has 1 aliphatic rings. The van der Waals surface area contributed by atoms with Crippen molar-refractivity contribution >= 4 is 23.6 Å². The summed E-state index contributed by atoms with van der Waals surface area (Å²) in [4.78, 5) is 50.8. The number of imide groups is 1. The van der Waals surface area contributed by atoms with Gasteiger partial charge >= 0.3 is 5.97 Å². The highest BCUT2D eigenvalue weighted by atomic mass is 16.4. The van der Waals surface area contributed by atoms with Gasteiger partial charge in [-0.15, -0.1) is 0 Å². The van der Waals surface area contributed by atoms with Crippen molar-refractivity contribution in [3.8, 4) is 23.0 Å². The highest BCUT2D eigenvalue weighted by Gasteiger charge is 2.35. The van der Waals surface area contributed by atoms with Gasteiger partial charge in [0.2, 0.25) is 0 Å². The Kier molecular flexibility index (Phi) is 7.92. The van der Waals surface area contributed by atoms with Crippen LogP contribution in [0.15, 0.2) is 72.8 Å².